The number of aryl methyl sites for hydroxylation is 1. The molecule has 0 spiro atoms. The molecule has 0 saturated carbocycles. The van der Waals surface area contributed by atoms with E-state index in [1.54, 1.807) is 18.6 Å². The van der Waals surface area contributed by atoms with Gasteiger partial charge in [-0.25, -0.2) is 4.98 Å². The molecule has 2 atom stereocenters. The molecule has 0 unspecified atom stereocenters. The first kappa shape index (κ1) is 17.7. The van der Waals surface area contributed by atoms with Gasteiger partial charge in [-0.2, -0.15) is 0 Å². The fraction of sp³-hybridized carbons (Fsp3) is 0.381. The molecule has 0 bridgehead atoms. The topological polar surface area (TPSA) is 60.2 Å². The summed E-state index contributed by atoms with van der Waals surface area (Å²) in [6, 6.07) is 10.1. The minimum absolute atomic E-state index is 0.0826. The van der Waals surface area contributed by atoms with Crippen molar-refractivity contribution in [1.82, 2.24) is 19.4 Å². The van der Waals surface area contributed by atoms with Crippen LogP contribution >= 0.6 is 0 Å². The number of amides is 1. The maximum Gasteiger partial charge on any atom is 0.224 e. The van der Waals surface area contributed by atoms with E-state index in [0.717, 1.165) is 22.3 Å². The summed E-state index contributed by atoms with van der Waals surface area (Å²) < 4.78 is 7.87. The van der Waals surface area contributed by atoms with Crippen LogP contribution in [0.4, 0.5) is 0 Å². The highest BCUT2D eigenvalue weighted by Crippen LogP contribution is 2.27. The van der Waals surface area contributed by atoms with Crippen LogP contribution in [0.1, 0.15) is 20.3 Å². The van der Waals surface area contributed by atoms with E-state index in [4.69, 9.17) is 4.74 Å². The summed E-state index contributed by atoms with van der Waals surface area (Å²) in [5.74, 6) is 0.162. The maximum atomic E-state index is 12.8. The van der Waals surface area contributed by atoms with E-state index < -0.39 is 0 Å². The Hall–Kier alpha value is -2.73. The van der Waals surface area contributed by atoms with Gasteiger partial charge in [0.1, 0.15) is 5.65 Å². The van der Waals surface area contributed by atoms with Gasteiger partial charge < -0.3 is 14.2 Å². The molecule has 0 aromatic carbocycles. The summed E-state index contributed by atoms with van der Waals surface area (Å²) in [6.07, 6.45) is 5.97. The molecule has 4 rings (SSSR count). The predicted octanol–water partition coefficient (Wildman–Crippen LogP) is 3.12. The van der Waals surface area contributed by atoms with Crippen molar-refractivity contribution in [1.29, 1.82) is 0 Å². The number of pyridine rings is 2. The summed E-state index contributed by atoms with van der Waals surface area (Å²) in [6.45, 7) is 5.94. The normalized spacial score (nSPS) is 20.1. The lowest BCUT2D eigenvalue weighted by Crippen LogP contribution is -2.48. The van der Waals surface area contributed by atoms with Gasteiger partial charge in [-0.1, -0.05) is 0 Å². The van der Waals surface area contributed by atoms with Gasteiger partial charge in [0.05, 0.1) is 17.9 Å². The van der Waals surface area contributed by atoms with Crippen LogP contribution < -0.4 is 0 Å². The average Bonchev–Trinajstić information content (AvgIpc) is 3.04. The van der Waals surface area contributed by atoms with Crippen LogP contribution in [0, 0.1) is 0 Å². The number of carbonyl (C=O) groups excluding carboxylic acids is 1. The van der Waals surface area contributed by atoms with E-state index in [-0.39, 0.29) is 18.1 Å². The van der Waals surface area contributed by atoms with Crippen LogP contribution in [0.25, 0.3) is 22.3 Å². The first-order chi connectivity index (χ1) is 13.1. The van der Waals surface area contributed by atoms with Crippen LogP contribution in [0.15, 0.2) is 48.9 Å². The Kier molecular flexibility index (Phi) is 4.90. The second-order valence-electron chi connectivity index (χ2n) is 7.14. The number of fused-ring (bicyclic) bond motifs is 1. The first-order valence-corrected chi connectivity index (χ1v) is 9.39. The van der Waals surface area contributed by atoms with Crippen molar-refractivity contribution >= 4 is 16.9 Å². The highest BCUT2D eigenvalue weighted by atomic mass is 16.5. The van der Waals surface area contributed by atoms with Gasteiger partial charge in [0, 0.05) is 55.6 Å². The number of morpholine rings is 1. The molecule has 1 aliphatic rings. The van der Waals surface area contributed by atoms with Crippen LogP contribution in [-0.4, -0.2) is 50.6 Å². The molecule has 0 N–H and O–H groups in total. The van der Waals surface area contributed by atoms with Gasteiger partial charge in [-0.3, -0.25) is 9.78 Å². The third-order valence-corrected chi connectivity index (χ3v) is 4.95. The van der Waals surface area contributed by atoms with Gasteiger partial charge in [0.15, 0.2) is 0 Å². The summed E-state index contributed by atoms with van der Waals surface area (Å²) in [7, 11) is 0. The number of carbonyl (C=O) groups is 1. The van der Waals surface area contributed by atoms with Crippen molar-refractivity contribution in [3.63, 3.8) is 0 Å². The smallest absolute Gasteiger partial charge is 0.224 e. The molecular weight excluding hydrogens is 340 g/mol. The third kappa shape index (κ3) is 3.71. The Bertz CT molecular complexity index is 928. The number of aromatic nitrogens is 3. The Morgan fingerprint density at radius 2 is 1.89 bits per heavy atom. The molecule has 3 aromatic heterocycles. The van der Waals surface area contributed by atoms with Crippen molar-refractivity contribution in [2.75, 3.05) is 13.1 Å². The second-order valence-corrected chi connectivity index (χ2v) is 7.14. The highest BCUT2D eigenvalue weighted by molar-refractivity contribution is 5.84. The van der Waals surface area contributed by atoms with Crippen molar-refractivity contribution in [3.8, 4) is 11.3 Å². The molecule has 1 saturated heterocycles. The molecule has 6 nitrogen and oxygen atoms in total. The SMILES string of the molecule is C[C@@H]1CN(C(=O)CCn2c(-c3ccncc3)cc3cccnc32)C[C@@H](C)O1. The second kappa shape index (κ2) is 7.48. The molecule has 4 heterocycles. The van der Waals surface area contributed by atoms with E-state index >= 15 is 0 Å². The molecule has 140 valence electrons. The van der Waals surface area contributed by atoms with E-state index in [1.165, 1.54) is 0 Å². The Morgan fingerprint density at radius 3 is 2.63 bits per heavy atom. The standard InChI is InChI=1S/C21H24N4O2/c1-15-13-24(14-16(2)27-15)20(26)7-11-25-19(17-5-9-22-10-6-17)12-18-4-3-8-23-21(18)25/h3-6,8-10,12,15-16H,7,11,13-14H2,1-2H3/t15-,16-/m1/s1. The molecule has 1 fully saturated rings. The zero-order chi connectivity index (χ0) is 18.8. The summed E-state index contributed by atoms with van der Waals surface area (Å²) >= 11 is 0. The molecule has 1 amide bonds. The van der Waals surface area contributed by atoms with Gasteiger partial charge in [-0.15, -0.1) is 0 Å². The Labute approximate surface area is 158 Å². The predicted molar refractivity (Wildman–Crippen MR) is 104 cm³/mol. The van der Waals surface area contributed by atoms with Gasteiger partial charge in [-0.05, 0) is 44.2 Å². The Balaban J connectivity index is 1.59. The van der Waals surface area contributed by atoms with Crippen LogP contribution in [0.3, 0.4) is 0 Å². The molecular formula is C21H24N4O2. The summed E-state index contributed by atoms with van der Waals surface area (Å²) in [5, 5.41) is 1.07. The number of hydrogen-bond acceptors (Lipinski definition) is 4. The first-order valence-electron chi connectivity index (χ1n) is 9.39. The third-order valence-electron chi connectivity index (χ3n) is 4.95. The molecule has 0 aliphatic carbocycles. The van der Waals surface area contributed by atoms with Crippen LogP contribution in [0.5, 0.6) is 0 Å². The highest BCUT2D eigenvalue weighted by Gasteiger charge is 2.25. The van der Waals surface area contributed by atoms with Gasteiger partial charge in [0.25, 0.3) is 0 Å². The molecule has 27 heavy (non-hydrogen) atoms. The van der Waals surface area contributed by atoms with Gasteiger partial charge >= 0.3 is 0 Å². The van der Waals surface area contributed by atoms with Crippen molar-refractivity contribution in [2.45, 2.75) is 39.0 Å². The maximum absolute atomic E-state index is 12.8. The monoisotopic (exact) mass is 364 g/mol. The number of ether oxygens (including phenoxy) is 1. The number of hydrogen-bond donors (Lipinski definition) is 0. The zero-order valence-electron chi connectivity index (χ0n) is 15.7. The molecule has 1 aliphatic heterocycles. The lowest BCUT2D eigenvalue weighted by atomic mass is 10.2. The Morgan fingerprint density at radius 1 is 1.15 bits per heavy atom. The lowest BCUT2D eigenvalue weighted by Gasteiger charge is -2.35. The number of rotatable bonds is 4. The van der Waals surface area contributed by atoms with E-state index in [1.807, 2.05) is 36.9 Å². The van der Waals surface area contributed by atoms with Crippen molar-refractivity contribution < 1.29 is 9.53 Å². The van der Waals surface area contributed by atoms with E-state index in [2.05, 4.69) is 26.7 Å². The van der Waals surface area contributed by atoms with E-state index in [0.29, 0.717) is 26.1 Å². The summed E-state index contributed by atoms with van der Waals surface area (Å²) in [4.78, 5) is 23.4. The van der Waals surface area contributed by atoms with Crippen molar-refractivity contribution in [3.05, 3.63) is 48.9 Å². The average molecular weight is 364 g/mol. The lowest BCUT2D eigenvalue weighted by molar-refractivity contribution is -0.143. The molecule has 6 heteroatoms. The van der Waals surface area contributed by atoms with Crippen molar-refractivity contribution in [2.24, 2.45) is 0 Å². The minimum Gasteiger partial charge on any atom is -0.372 e. The fourth-order valence-corrected chi connectivity index (χ4v) is 3.82. The van der Waals surface area contributed by atoms with Gasteiger partial charge in [0.2, 0.25) is 5.91 Å². The van der Waals surface area contributed by atoms with Crippen LogP contribution in [-0.2, 0) is 16.1 Å². The quantitative estimate of drug-likeness (QED) is 0.714. The van der Waals surface area contributed by atoms with E-state index in [9.17, 15) is 4.79 Å². The molecule has 0 radical (unpaired) electrons. The fourth-order valence-electron chi connectivity index (χ4n) is 3.82. The minimum atomic E-state index is 0.0826. The van der Waals surface area contributed by atoms with Crippen LogP contribution in [0.2, 0.25) is 0 Å². The number of nitrogens with zero attached hydrogens (tertiary/aromatic N) is 4. The largest absolute Gasteiger partial charge is 0.372 e. The summed E-state index contributed by atoms with van der Waals surface area (Å²) in [5.41, 5.74) is 3.03. The zero-order valence-corrected chi connectivity index (χ0v) is 15.7. The molecule has 3 aromatic rings.